The van der Waals surface area contributed by atoms with Crippen molar-refractivity contribution >= 4 is 16.7 Å². The fourth-order valence-electron chi connectivity index (χ4n) is 6.51. The number of carbonyl (C=O) groups excluding carboxylic acids is 1. The molecule has 0 aliphatic heterocycles. The molecule has 0 saturated heterocycles. The van der Waals surface area contributed by atoms with Crippen molar-refractivity contribution < 1.29 is 10.1 Å². The van der Waals surface area contributed by atoms with Crippen molar-refractivity contribution in [3.05, 3.63) is 36.0 Å². The molecule has 3 heteroatoms. The Morgan fingerprint density at radius 3 is 2.42 bits per heavy atom. The van der Waals surface area contributed by atoms with Gasteiger partial charge in [0.2, 0.25) is 5.78 Å². The Labute approximate surface area is 143 Å². The van der Waals surface area contributed by atoms with Crippen LogP contribution in [-0.2, 0) is 0 Å². The van der Waals surface area contributed by atoms with Gasteiger partial charge in [0.15, 0.2) is 0 Å². The van der Waals surface area contributed by atoms with Crippen molar-refractivity contribution in [2.24, 2.45) is 17.8 Å². The number of Topliss-reactive ketones (excluding diaryl/α,β-unsaturated/α-hetero) is 1. The van der Waals surface area contributed by atoms with E-state index >= 15 is 0 Å². The number of ketones is 1. The van der Waals surface area contributed by atoms with Crippen molar-refractivity contribution in [2.45, 2.75) is 57.0 Å². The number of rotatable bonds is 4. The predicted octanol–water partition coefficient (Wildman–Crippen LogP) is 3.27. The highest BCUT2D eigenvalue weighted by Gasteiger charge is 2.54. The summed E-state index contributed by atoms with van der Waals surface area (Å²) in [6.07, 6.45) is 10.3. The zero-order valence-corrected chi connectivity index (χ0v) is 14.4. The van der Waals surface area contributed by atoms with E-state index in [1.54, 1.807) is 0 Å². The number of nitrogens with two attached hydrogens (primary N) is 1. The molecule has 24 heavy (non-hydrogen) atoms. The molecule has 1 heterocycles. The van der Waals surface area contributed by atoms with E-state index < -0.39 is 0 Å². The first-order valence-corrected chi connectivity index (χ1v) is 9.58. The van der Waals surface area contributed by atoms with Crippen LogP contribution in [0.2, 0.25) is 0 Å². The molecule has 3 N–H and O–H groups in total. The lowest BCUT2D eigenvalue weighted by Gasteiger charge is -2.55. The van der Waals surface area contributed by atoms with Crippen LogP contribution >= 0.6 is 0 Å². The van der Waals surface area contributed by atoms with Crippen LogP contribution in [0.3, 0.4) is 0 Å². The second kappa shape index (κ2) is 5.19. The van der Waals surface area contributed by atoms with Crippen molar-refractivity contribution in [1.82, 2.24) is 4.98 Å². The number of para-hydroxylation sites is 1. The van der Waals surface area contributed by atoms with E-state index in [1.165, 1.54) is 38.5 Å². The van der Waals surface area contributed by atoms with Gasteiger partial charge >= 0.3 is 0 Å². The van der Waals surface area contributed by atoms with Gasteiger partial charge < -0.3 is 10.3 Å². The van der Waals surface area contributed by atoms with Crippen molar-refractivity contribution in [3.63, 3.8) is 0 Å². The minimum atomic E-state index is 0.0143. The van der Waals surface area contributed by atoms with Crippen LogP contribution in [0, 0.1) is 17.8 Å². The first kappa shape index (κ1) is 14.7. The quantitative estimate of drug-likeness (QED) is 0.834. The topological polar surface area (TPSA) is 49.5 Å². The molecule has 4 bridgehead atoms. The third kappa shape index (κ3) is 2.25. The summed E-state index contributed by atoms with van der Waals surface area (Å²) in [7, 11) is 0. The van der Waals surface area contributed by atoms with Gasteiger partial charge in [-0.1, -0.05) is 18.2 Å². The van der Waals surface area contributed by atoms with E-state index in [9.17, 15) is 4.79 Å². The lowest BCUT2D eigenvalue weighted by atomic mass is 9.53. The lowest BCUT2D eigenvalue weighted by Crippen LogP contribution is -3.03. The highest BCUT2D eigenvalue weighted by atomic mass is 16.1. The lowest BCUT2D eigenvalue weighted by molar-refractivity contribution is -0.753. The first-order chi connectivity index (χ1) is 11.6. The number of aromatic nitrogens is 1. The van der Waals surface area contributed by atoms with Gasteiger partial charge in [-0.3, -0.25) is 4.79 Å². The summed E-state index contributed by atoms with van der Waals surface area (Å²) in [6.45, 7) is 2.11. The van der Waals surface area contributed by atoms with Crippen LogP contribution in [-0.4, -0.2) is 22.3 Å². The molecular weight excluding hydrogens is 296 g/mol. The maximum Gasteiger partial charge on any atom is 0.221 e. The number of fused-ring (bicyclic) bond motifs is 1. The highest BCUT2D eigenvalue weighted by Crippen LogP contribution is 2.54. The van der Waals surface area contributed by atoms with Crippen molar-refractivity contribution in [3.8, 4) is 0 Å². The second-order valence-electron chi connectivity index (χ2n) is 8.85. The van der Waals surface area contributed by atoms with E-state index in [0.29, 0.717) is 5.54 Å². The van der Waals surface area contributed by atoms with Gasteiger partial charge in [-0.2, -0.15) is 0 Å². The van der Waals surface area contributed by atoms with Crippen LogP contribution in [0.1, 0.15) is 55.8 Å². The van der Waals surface area contributed by atoms with E-state index in [2.05, 4.69) is 23.3 Å². The molecule has 1 aromatic carbocycles. The average molecular weight is 323 g/mol. The maximum absolute atomic E-state index is 13.1. The van der Waals surface area contributed by atoms with Crippen LogP contribution in [0.25, 0.3) is 10.9 Å². The molecule has 3 nitrogen and oxygen atoms in total. The highest BCUT2D eigenvalue weighted by molar-refractivity contribution is 6.09. The van der Waals surface area contributed by atoms with E-state index in [0.717, 1.165) is 34.2 Å². The zero-order chi connectivity index (χ0) is 16.3. The molecule has 4 fully saturated rings. The van der Waals surface area contributed by atoms with Gasteiger partial charge in [0, 0.05) is 41.9 Å². The second-order valence-corrected chi connectivity index (χ2v) is 8.85. The number of hydrogen-bond donors (Lipinski definition) is 2. The number of carbonyl (C=O) groups is 1. The minimum Gasteiger partial charge on any atom is -0.360 e. The van der Waals surface area contributed by atoms with Crippen LogP contribution in [0.15, 0.2) is 30.5 Å². The Morgan fingerprint density at radius 1 is 1.12 bits per heavy atom. The third-order valence-electron chi connectivity index (χ3n) is 6.96. The van der Waals surface area contributed by atoms with Crippen LogP contribution in [0.5, 0.6) is 0 Å². The fraction of sp³-hybridized carbons (Fsp3) is 0.571. The summed E-state index contributed by atoms with van der Waals surface area (Å²) < 4.78 is 0. The smallest absolute Gasteiger partial charge is 0.221 e. The molecule has 4 aliphatic carbocycles. The molecule has 0 radical (unpaired) electrons. The third-order valence-corrected chi connectivity index (χ3v) is 6.96. The maximum atomic E-state index is 13.1. The number of H-pyrrole nitrogens is 1. The number of nitrogens with one attached hydrogen (secondary N) is 1. The normalized spacial score (nSPS) is 35.5. The van der Waals surface area contributed by atoms with Crippen molar-refractivity contribution in [1.29, 1.82) is 0 Å². The Bertz CT molecular complexity index is 755. The van der Waals surface area contributed by atoms with Crippen molar-refractivity contribution in [2.75, 3.05) is 0 Å². The minimum absolute atomic E-state index is 0.0143. The molecule has 4 saturated carbocycles. The Kier molecular flexibility index (Phi) is 3.18. The van der Waals surface area contributed by atoms with Gasteiger partial charge in [0.25, 0.3) is 0 Å². The Balaban J connectivity index is 1.39. The van der Waals surface area contributed by atoms with Crippen LogP contribution < -0.4 is 5.32 Å². The molecule has 0 amide bonds. The van der Waals surface area contributed by atoms with Gasteiger partial charge in [-0.15, -0.1) is 0 Å². The first-order valence-electron chi connectivity index (χ1n) is 9.58. The standard InChI is InChI=1S/C21H26N2O/c1-13(20(24)18-12-22-19-5-3-2-4-17(18)19)23-21-9-14-6-15(10-21)8-16(7-14)11-21/h2-5,12-16,22-23H,6-11H2,1H3/p+1/t13-,14?,15?,16?,21?/m1/s1. The fourth-order valence-corrected chi connectivity index (χ4v) is 6.51. The summed E-state index contributed by atoms with van der Waals surface area (Å²) in [5.41, 5.74) is 2.28. The molecule has 2 aromatic rings. The van der Waals surface area contributed by atoms with E-state index in [4.69, 9.17) is 0 Å². The van der Waals surface area contributed by atoms with Gasteiger partial charge in [0.05, 0.1) is 5.54 Å². The summed E-state index contributed by atoms with van der Waals surface area (Å²) in [4.78, 5) is 16.3. The van der Waals surface area contributed by atoms with Gasteiger partial charge in [-0.05, 0) is 50.0 Å². The molecule has 0 unspecified atom stereocenters. The van der Waals surface area contributed by atoms with Gasteiger partial charge in [0.1, 0.15) is 6.04 Å². The van der Waals surface area contributed by atoms with Gasteiger partial charge in [-0.25, -0.2) is 0 Å². The number of aromatic amines is 1. The zero-order valence-electron chi connectivity index (χ0n) is 14.4. The Hall–Kier alpha value is -1.61. The number of hydrogen-bond acceptors (Lipinski definition) is 1. The Morgan fingerprint density at radius 2 is 1.75 bits per heavy atom. The number of benzene rings is 1. The number of quaternary nitrogens is 1. The summed E-state index contributed by atoms with van der Waals surface area (Å²) >= 11 is 0. The molecule has 1 aromatic heterocycles. The largest absolute Gasteiger partial charge is 0.360 e. The predicted molar refractivity (Wildman–Crippen MR) is 94.9 cm³/mol. The van der Waals surface area contributed by atoms with Crippen LogP contribution in [0.4, 0.5) is 0 Å². The van der Waals surface area contributed by atoms with E-state index in [1.807, 2.05) is 24.4 Å². The SMILES string of the molecule is C[C@@H]([NH2+]C12CC3CC(CC(C3)C1)C2)C(=O)c1c[nH]c2ccccc12. The average Bonchev–Trinajstić information content (AvgIpc) is 2.96. The molecule has 6 rings (SSSR count). The van der Waals surface area contributed by atoms with E-state index in [-0.39, 0.29) is 11.8 Å². The summed E-state index contributed by atoms with van der Waals surface area (Å²) in [6, 6.07) is 8.13. The molecule has 126 valence electrons. The summed E-state index contributed by atoms with van der Waals surface area (Å²) in [5, 5.41) is 3.52. The molecule has 4 aliphatic rings. The molecule has 0 spiro atoms. The monoisotopic (exact) mass is 323 g/mol. The molecule has 1 atom stereocenters. The molecular formula is C21H27N2O+. The summed E-state index contributed by atoms with van der Waals surface area (Å²) in [5.74, 6) is 3.08.